The molecule has 0 bridgehead atoms. The summed E-state index contributed by atoms with van der Waals surface area (Å²) in [6.07, 6.45) is 9.97. The van der Waals surface area contributed by atoms with Gasteiger partial charge in [-0.1, -0.05) is 18.2 Å². The Bertz CT molecular complexity index is 190. The summed E-state index contributed by atoms with van der Waals surface area (Å²) in [5.41, 5.74) is 0. The average Bonchev–Trinajstić information content (AvgIpc) is 2.01. The lowest BCUT2D eigenvalue weighted by Gasteiger charge is -1.82. The predicted molar refractivity (Wildman–Crippen MR) is 47.2 cm³/mol. The van der Waals surface area contributed by atoms with Gasteiger partial charge in [-0.05, 0) is 13.0 Å². The Labute approximate surface area is 67.3 Å². The van der Waals surface area contributed by atoms with Crippen molar-refractivity contribution in [3.05, 3.63) is 36.6 Å². The number of allylic oxidation sites excluding steroid dienone is 5. The molecule has 0 saturated heterocycles. The number of hydrogen-bond acceptors (Lipinski definition) is 2. The van der Waals surface area contributed by atoms with E-state index in [9.17, 15) is 4.79 Å². The van der Waals surface area contributed by atoms with Crippen molar-refractivity contribution in [2.75, 3.05) is 7.05 Å². The summed E-state index contributed by atoms with van der Waals surface area (Å²) in [4.78, 5) is 10.8. The third-order valence-electron chi connectivity index (χ3n) is 0.978. The van der Waals surface area contributed by atoms with Crippen LogP contribution in [0.5, 0.6) is 0 Å². The normalized spacial score (nSPS) is 11.8. The van der Waals surface area contributed by atoms with Crippen LogP contribution in [0.2, 0.25) is 0 Å². The lowest BCUT2D eigenvalue weighted by Crippen LogP contribution is -1.94. The number of nitrogens with one attached hydrogen (secondary N) is 1. The highest BCUT2D eigenvalue weighted by Crippen LogP contribution is 1.80. The van der Waals surface area contributed by atoms with Gasteiger partial charge in [0.2, 0.25) is 0 Å². The fraction of sp³-hybridized carbons (Fsp3) is 0.222. The SMILES string of the molecule is C/C=C/C=C\C(=O)C=CNC. The molecule has 0 radical (unpaired) electrons. The molecule has 0 aromatic carbocycles. The molecular formula is C9H13NO. The summed E-state index contributed by atoms with van der Waals surface area (Å²) in [5, 5.41) is 2.74. The van der Waals surface area contributed by atoms with Crippen LogP contribution in [0, 0.1) is 0 Å². The minimum absolute atomic E-state index is 0.0162. The monoisotopic (exact) mass is 151 g/mol. The highest BCUT2D eigenvalue weighted by Gasteiger charge is 1.83. The van der Waals surface area contributed by atoms with Gasteiger partial charge in [0.15, 0.2) is 5.78 Å². The minimum atomic E-state index is -0.0162. The van der Waals surface area contributed by atoms with Crippen molar-refractivity contribution in [1.29, 1.82) is 0 Å². The third kappa shape index (κ3) is 6.58. The molecule has 0 heterocycles. The van der Waals surface area contributed by atoms with Crippen molar-refractivity contribution in [3.8, 4) is 0 Å². The van der Waals surface area contributed by atoms with E-state index in [1.165, 1.54) is 12.2 Å². The zero-order chi connectivity index (χ0) is 8.53. The topological polar surface area (TPSA) is 29.1 Å². The van der Waals surface area contributed by atoms with E-state index < -0.39 is 0 Å². The molecule has 0 spiro atoms. The van der Waals surface area contributed by atoms with Crippen molar-refractivity contribution in [3.63, 3.8) is 0 Å². The molecule has 2 nitrogen and oxygen atoms in total. The number of carbonyl (C=O) groups excluding carboxylic acids is 1. The van der Waals surface area contributed by atoms with Crippen LogP contribution >= 0.6 is 0 Å². The highest BCUT2D eigenvalue weighted by atomic mass is 16.1. The van der Waals surface area contributed by atoms with Crippen LogP contribution in [0.3, 0.4) is 0 Å². The Morgan fingerprint density at radius 3 is 2.55 bits per heavy atom. The maximum atomic E-state index is 10.8. The minimum Gasteiger partial charge on any atom is -0.394 e. The molecule has 0 saturated carbocycles. The van der Waals surface area contributed by atoms with E-state index >= 15 is 0 Å². The Hall–Kier alpha value is -1.31. The lowest BCUT2D eigenvalue weighted by atomic mass is 10.3. The van der Waals surface area contributed by atoms with Crippen LogP contribution < -0.4 is 5.32 Å². The summed E-state index contributed by atoms with van der Waals surface area (Å²) < 4.78 is 0. The quantitative estimate of drug-likeness (QED) is 0.486. The van der Waals surface area contributed by atoms with Gasteiger partial charge in [0.25, 0.3) is 0 Å². The fourth-order valence-electron chi connectivity index (χ4n) is 0.483. The van der Waals surface area contributed by atoms with Gasteiger partial charge in [-0.15, -0.1) is 0 Å². The number of rotatable bonds is 4. The molecule has 0 aromatic heterocycles. The molecule has 0 aromatic rings. The molecule has 0 aliphatic carbocycles. The molecule has 1 N–H and O–H groups in total. The maximum Gasteiger partial charge on any atom is 0.180 e. The first kappa shape index (κ1) is 9.69. The largest absolute Gasteiger partial charge is 0.394 e. The van der Waals surface area contributed by atoms with Gasteiger partial charge in [0.05, 0.1) is 0 Å². The molecule has 0 unspecified atom stereocenters. The fourth-order valence-corrected chi connectivity index (χ4v) is 0.483. The van der Waals surface area contributed by atoms with Crippen LogP contribution in [0.15, 0.2) is 36.6 Å². The van der Waals surface area contributed by atoms with E-state index in [1.54, 1.807) is 19.3 Å². The van der Waals surface area contributed by atoms with E-state index in [0.29, 0.717) is 0 Å². The van der Waals surface area contributed by atoms with Gasteiger partial charge < -0.3 is 5.32 Å². The van der Waals surface area contributed by atoms with Gasteiger partial charge in [-0.25, -0.2) is 0 Å². The predicted octanol–water partition coefficient (Wildman–Crippen LogP) is 1.42. The van der Waals surface area contributed by atoms with Crippen LogP contribution in [0.25, 0.3) is 0 Å². The van der Waals surface area contributed by atoms with Gasteiger partial charge in [-0.2, -0.15) is 0 Å². The molecule has 11 heavy (non-hydrogen) atoms. The van der Waals surface area contributed by atoms with Crippen molar-refractivity contribution in [2.45, 2.75) is 6.92 Å². The van der Waals surface area contributed by atoms with Crippen molar-refractivity contribution in [2.24, 2.45) is 0 Å². The summed E-state index contributed by atoms with van der Waals surface area (Å²) in [5.74, 6) is -0.0162. The Kier molecular flexibility index (Phi) is 5.99. The molecule has 0 atom stereocenters. The highest BCUT2D eigenvalue weighted by molar-refractivity contribution is 5.99. The number of ketones is 1. The number of hydrogen-bond donors (Lipinski definition) is 1. The summed E-state index contributed by atoms with van der Waals surface area (Å²) >= 11 is 0. The van der Waals surface area contributed by atoms with Gasteiger partial charge in [-0.3, -0.25) is 4.79 Å². The van der Waals surface area contributed by atoms with E-state index in [0.717, 1.165) is 0 Å². The molecule has 0 fully saturated rings. The van der Waals surface area contributed by atoms with Crippen LogP contribution in [0.4, 0.5) is 0 Å². The molecule has 0 rings (SSSR count). The zero-order valence-electron chi connectivity index (χ0n) is 6.87. The smallest absolute Gasteiger partial charge is 0.180 e. The molecule has 0 aliphatic heterocycles. The first-order valence-corrected chi connectivity index (χ1v) is 3.48. The summed E-state index contributed by atoms with van der Waals surface area (Å²) in [7, 11) is 1.75. The average molecular weight is 151 g/mol. The Morgan fingerprint density at radius 1 is 1.27 bits per heavy atom. The van der Waals surface area contributed by atoms with Crippen molar-refractivity contribution >= 4 is 5.78 Å². The van der Waals surface area contributed by atoms with Crippen LogP contribution in [-0.4, -0.2) is 12.8 Å². The molecule has 2 heteroatoms. The Balaban J connectivity index is 3.77. The summed E-state index contributed by atoms with van der Waals surface area (Å²) in [6, 6.07) is 0. The summed E-state index contributed by atoms with van der Waals surface area (Å²) in [6.45, 7) is 1.90. The molecule has 60 valence electrons. The van der Waals surface area contributed by atoms with Gasteiger partial charge >= 0.3 is 0 Å². The van der Waals surface area contributed by atoms with E-state index in [1.807, 2.05) is 19.1 Å². The van der Waals surface area contributed by atoms with Gasteiger partial charge in [0.1, 0.15) is 0 Å². The second-order valence-corrected chi connectivity index (χ2v) is 1.91. The zero-order valence-corrected chi connectivity index (χ0v) is 6.87. The van der Waals surface area contributed by atoms with Gasteiger partial charge in [0, 0.05) is 19.3 Å². The first-order chi connectivity index (χ1) is 5.31. The lowest BCUT2D eigenvalue weighted by molar-refractivity contribution is -0.110. The maximum absolute atomic E-state index is 10.8. The standard InChI is InChI=1S/C9H13NO/c1-3-4-5-6-9(11)7-8-10-2/h3-8,10H,1-2H3/b4-3+,6-5-,8-7?. The van der Waals surface area contributed by atoms with E-state index in [2.05, 4.69) is 5.32 Å². The molecule has 0 aliphatic rings. The third-order valence-corrected chi connectivity index (χ3v) is 0.978. The second kappa shape index (κ2) is 6.81. The van der Waals surface area contributed by atoms with Crippen LogP contribution in [-0.2, 0) is 4.79 Å². The molecule has 0 amide bonds. The first-order valence-electron chi connectivity index (χ1n) is 3.48. The van der Waals surface area contributed by atoms with E-state index in [-0.39, 0.29) is 5.78 Å². The Morgan fingerprint density at radius 2 is 2.00 bits per heavy atom. The van der Waals surface area contributed by atoms with Crippen LogP contribution in [0.1, 0.15) is 6.92 Å². The van der Waals surface area contributed by atoms with Crippen molar-refractivity contribution in [1.82, 2.24) is 5.32 Å². The molecular weight excluding hydrogens is 138 g/mol. The second-order valence-electron chi connectivity index (χ2n) is 1.91. The van der Waals surface area contributed by atoms with E-state index in [4.69, 9.17) is 0 Å². The number of carbonyl (C=O) groups is 1. The van der Waals surface area contributed by atoms with Crippen molar-refractivity contribution < 1.29 is 4.79 Å².